The molecule has 2 heteroatoms. The molecule has 98 valence electrons. The fourth-order valence-corrected chi connectivity index (χ4v) is 3.85. The highest BCUT2D eigenvalue weighted by Gasteiger charge is 2.50. The first kappa shape index (κ1) is 13.1. The van der Waals surface area contributed by atoms with E-state index in [0.717, 1.165) is 25.7 Å². The van der Waals surface area contributed by atoms with Gasteiger partial charge in [0.1, 0.15) is 0 Å². The molecule has 0 aliphatic heterocycles. The summed E-state index contributed by atoms with van der Waals surface area (Å²) in [6.07, 6.45) is 8.20. The monoisotopic (exact) mass is 238 g/mol. The van der Waals surface area contributed by atoms with Crippen molar-refractivity contribution < 1.29 is 10.2 Å². The van der Waals surface area contributed by atoms with Crippen molar-refractivity contribution in [1.82, 2.24) is 0 Å². The van der Waals surface area contributed by atoms with Crippen LogP contribution in [-0.4, -0.2) is 21.4 Å². The highest BCUT2D eigenvalue weighted by molar-refractivity contribution is 5.15. The molecule has 0 amide bonds. The van der Waals surface area contributed by atoms with E-state index in [1.165, 1.54) is 0 Å². The van der Waals surface area contributed by atoms with Crippen molar-refractivity contribution >= 4 is 0 Å². The first-order chi connectivity index (χ1) is 7.65. The van der Waals surface area contributed by atoms with E-state index in [4.69, 9.17) is 0 Å². The van der Waals surface area contributed by atoms with Gasteiger partial charge in [-0.05, 0) is 63.7 Å². The average Bonchev–Trinajstić information content (AvgIpc) is 2.14. The van der Waals surface area contributed by atoms with Gasteiger partial charge in [-0.2, -0.15) is 0 Å². The molecular weight excluding hydrogens is 212 g/mol. The number of rotatable bonds is 1. The fraction of sp³-hybridized carbons (Fsp3) is 0.867. The zero-order valence-electron chi connectivity index (χ0n) is 11.5. The molecule has 1 fully saturated rings. The lowest BCUT2D eigenvalue weighted by Gasteiger charge is -2.53. The number of hydrogen-bond acceptors (Lipinski definition) is 2. The van der Waals surface area contributed by atoms with Crippen molar-refractivity contribution in [2.45, 2.75) is 64.6 Å². The highest BCUT2D eigenvalue weighted by Crippen LogP contribution is 2.54. The van der Waals surface area contributed by atoms with Crippen LogP contribution in [0.3, 0.4) is 0 Å². The molecule has 2 N–H and O–H groups in total. The third kappa shape index (κ3) is 2.30. The smallest absolute Gasteiger partial charge is 0.0690 e. The van der Waals surface area contributed by atoms with E-state index >= 15 is 0 Å². The van der Waals surface area contributed by atoms with Gasteiger partial charge in [-0.25, -0.2) is 0 Å². The fourth-order valence-electron chi connectivity index (χ4n) is 3.85. The molecule has 4 atom stereocenters. The summed E-state index contributed by atoms with van der Waals surface area (Å²) in [7, 11) is 0. The standard InChI is InChI=1S/C15H26O2/c1-13(2,16)11-6-9-14(3)7-5-8-15(4,17)12(14)10-11/h5,7,11-12,16-17H,6,8-10H2,1-4H3. The number of allylic oxidation sites excluding steroid dienone is 1. The Balaban J connectivity index is 2.25. The summed E-state index contributed by atoms with van der Waals surface area (Å²) in [5.74, 6) is 0.573. The van der Waals surface area contributed by atoms with E-state index < -0.39 is 11.2 Å². The molecule has 1 saturated carbocycles. The van der Waals surface area contributed by atoms with Crippen molar-refractivity contribution in [3.63, 3.8) is 0 Å². The third-order valence-corrected chi connectivity index (χ3v) is 5.13. The van der Waals surface area contributed by atoms with Crippen molar-refractivity contribution in [2.75, 3.05) is 0 Å². The summed E-state index contributed by atoms with van der Waals surface area (Å²) in [4.78, 5) is 0. The molecule has 0 radical (unpaired) electrons. The van der Waals surface area contributed by atoms with Crippen LogP contribution in [0.4, 0.5) is 0 Å². The molecule has 0 bridgehead atoms. The summed E-state index contributed by atoms with van der Waals surface area (Å²) >= 11 is 0. The lowest BCUT2D eigenvalue weighted by atomic mass is 9.54. The van der Waals surface area contributed by atoms with Crippen molar-refractivity contribution in [3.05, 3.63) is 12.2 Å². The topological polar surface area (TPSA) is 40.5 Å². The van der Waals surface area contributed by atoms with Crippen molar-refractivity contribution in [1.29, 1.82) is 0 Å². The highest BCUT2D eigenvalue weighted by atomic mass is 16.3. The number of aliphatic hydroxyl groups is 2. The second kappa shape index (κ2) is 3.83. The van der Waals surface area contributed by atoms with Crippen molar-refractivity contribution in [3.8, 4) is 0 Å². The second-order valence-electron chi connectivity index (χ2n) is 7.15. The number of hydrogen-bond donors (Lipinski definition) is 2. The summed E-state index contributed by atoms with van der Waals surface area (Å²) in [6.45, 7) is 8.00. The summed E-state index contributed by atoms with van der Waals surface area (Å²) < 4.78 is 0. The predicted octanol–water partition coefficient (Wildman–Crippen LogP) is 2.89. The second-order valence-corrected chi connectivity index (χ2v) is 7.15. The number of fused-ring (bicyclic) bond motifs is 1. The Kier molecular flexibility index (Phi) is 2.95. The molecule has 0 spiro atoms. The maximum Gasteiger partial charge on any atom is 0.0690 e. The van der Waals surface area contributed by atoms with Crippen LogP contribution >= 0.6 is 0 Å². The van der Waals surface area contributed by atoms with Gasteiger partial charge < -0.3 is 10.2 Å². The average molecular weight is 238 g/mol. The third-order valence-electron chi connectivity index (χ3n) is 5.13. The summed E-state index contributed by atoms with van der Waals surface area (Å²) in [5, 5.41) is 20.8. The van der Waals surface area contributed by atoms with Crippen LogP contribution in [0.1, 0.15) is 53.4 Å². The van der Waals surface area contributed by atoms with Crippen LogP contribution in [0, 0.1) is 17.3 Å². The van der Waals surface area contributed by atoms with Gasteiger partial charge in [0.25, 0.3) is 0 Å². The minimum atomic E-state index is -0.626. The Morgan fingerprint density at radius 1 is 1.29 bits per heavy atom. The van der Waals surface area contributed by atoms with Gasteiger partial charge in [0.2, 0.25) is 0 Å². The molecule has 17 heavy (non-hydrogen) atoms. The van der Waals surface area contributed by atoms with E-state index in [1.54, 1.807) is 0 Å². The Morgan fingerprint density at radius 3 is 2.53 bits per heavy atom. The SMILES string of the molecule is CC(C)(O)C1CCC2(C)C=CCC(C)(O)C2C1. The zero-order valence-corrected chi connectivity index (χ0v) is 11.5. The molecule has 0 aromatic heterocycles. The molecule has 2 rings (SSSR count). The first-order valence-corrected chi connectivity index (χ1v) is 6.78. The van der Waals surface area contributed by atoms with Gasteiger partial charge in [-0.1, -0.05) is 19.1 Å². The normalized spacial score (nSPS) is 46.7. The lowest BCUT2D eigenvalue weighted by molar-refractivity contribution is -0.107. The lowest BCUT2D eigenvalue weighted by Crippen LogP contribution is -2.51. The van der Waals surface area contributed by atoms with Crippen LogP contribution < -0.4 is 0 Å². The van der Waals surface area contributed by atoms with Gasteiger partial charge in [0.15, 0.2) is 0 Å². The molecular formula is C15H26O2. The van der Waals surface area contributed by atoms with E-state index in [1.807, 2.05) is 20.8 Å². The van der Waals surface area contributed by atoms with Gasteiger partial charge in [-0.15, -0.1) is 0 Å². The molecule has 0 heterocycles. The quantitative estimate of drug-likeness (QED) is 0.690. The maximum absolute atomic E-state index is 10.6. The molecule has 0 aromatic rings. The van der Waals surface area contributed by atoms with Crippen LogP contribution in [0.2, 0.25) is 0 Å². The van der Waals surface area contributed by atoms with Crippen molar-refractivity contribution in [2.24, 2.45) is 17.3 Å². The van der Waals surface area contributed by atoms with E-state index in [2.05, 4.69) is 19.1 Å². The van der Waals surface area contributed by atoms with Crippen LogP contribution in [-0.2, 0) is 0 Å². The van der Waals surface area contributed by atoms with Gasteiger partial charge in [0, 0.05) is 0 Å². The Hall–Kier alpha value is -0.340. The van der Waals surface area contributed by atoms with E-state index in [0.29, 0.717) is 5.92 Å². The molecule has 2 aliphatic rings. The van der Waals surface area contributed by atoms with E-state index in [-0.39, 0.29) is 11.3 Å². The van der Waals surface area contributed by atoms with Crippen LogP contribution in [0.15, 0.2) is 12.2 Å². The molecule has 0 saturated heterocycles. The summed E-state index contributed by atoms with van der Waals surface area (Å²) in [5.41, 5.74) is -1.13. The minimum Gasteiger partial charge on any atom is -0.390 e. The van der Waals surface area contributed by atoms with Crippen LogP contribution in [0.25, 0.3) is 0 Å². The Morgan fingerprint density at radius 2 is 1.94 bits per heavy atom. The van der Waals surface area contributed by atoms with Gasteiger partial charge >= 0.3 is 0 Å². The minimum absolute atomic E-state index is 0.115. The van der Waals surface area contributed by atoms with Gasteiger partial charge in [-0.3, -0.25) is 0 Å². The first-order valence-electron chi connectivity index (χ1n) is 6.78. The maximum atomic E-state index is 10.6. The summed E-state index contributed by atoms with van der Waals surface area (Å²) in [6, 6.07) is 0. The molecule has 2 aliphatic carbocycles. The molecule has 4 unspecified atom stereocenters. The van der Waals surface area contributed by atoms with Gasteiger partial charge in [0.05, 0.1) is 11.2 Å². The van der Waals surface area contributed by atoms with Crippen LogP contribution in [0.5, 0.6) is 0 Å². The van der Waals surface area contributed by atoms with E-state index in [9.17, 15) is 10.2 Å². The Bertz CT molecular complexity index is 324. The Labute approximate surface area is 105 Å². The zero-order chi connectivity index (χ0) is 12.9. The molecule has 0 aromatic carbocycles. The predicted molar refractivity (Wildman–Crippen MR) is 69.6 cm³/mol. The largest absolute Gasteiger partial charge is 0.390 e. The molecule has 2 nitrogen and oxygen atoms in total.